The molecule has 0 saturated heterocycles. The van der Waals surface area contributed by atoms with Gasteiger partial charge in [0.25, 0.3) is 0 Å². The average Bonchev–Trinajstić information content (AvgIpc) is 3.34. The zero-order valence-electron chi connectivity index (χ0n) is 20.3. The maximum absolute atomic E-state index is 11.4. The second-order valence-corrected chi connectivity index (χ2v) is 10.1. The smallest absolute Gasteiger partial charge is 0.183 e. The van der Waals surface area contributed by atoms with E-state index in [-0.39, 0.29) is 0 Å². The van der Waals surface area contributed by atoms with Crippen molar-refractivity contribution in [1.29, 1.82) is 0 Å². The normalized spacial score (nSPS) is 13.1. The van der Waals surface area contributed by atoms with Gasteiger partial charge in [-0.25, -0.2) is 4.98 Å². The van der Waals surface area contributed by atoms with Crippen molar-refractivity contribution in [1.82, 2.24) is 4.98 Å². The molecule has 1 N–H and O–H groups in total. The van der Waals surface area contributed by atoms with Crippen LogP contribution in [-0.4, -0.2) is 23.6 Å². The molecule has 5 rings (SSSR count). The van der Waals surface area contributed by atoms with E-state index >= 15 is 0 Å². The average molecular weight is 498 g/mol. The third-order valence-electron chi connectivity index (χ3n) is 6.70. The summed E-state index contributed by atoms with van der Waals surface area (Å²) in [7, 11) is 0. The van der Waals surface area contributed by atoms with Gasteiger partial charge < -0.3 is 20.0 Å². The highest BCUT2D eigenvalue weighted by Crippen LogP contribution is 2.41. The quantitative estimate of drug-likeness (QED) is 0.315. The number of ether oxygens (including phenoxy) is 1. The summed E-state index contributed by atoms with van der Waals surface area (Å²) in [4.78, 5) is 17.6. The summed E-state index contributed by atoms with van der Waals surface area (Å²) in [5.74, 6) is -0.258. The lowest BCUT2D eigenvalue weighted by molar-refractivity contribution is -0.313. The van der Waals surface area contributed by atoms with Crippen LogP contribution in [-0.2, 0) is 17.6 Å². The standard InChI is InChI=1S/C30H30N2O3S/c1-2-25(29(33)34)35-26-15-9-14-24-23(26)16-17-27-28(24)32-30(36-27)31-19-18-22(20-10-5-3-6-11-20)21-12-7-4-8-13-21/h3-15,22,25H,2,16-19H2,1H3,(H,31,32)(H,33,34)/p-1. The third-order valence-corrected chi connectivity index (χ3v) is 7.78. The fourth-order valence-corrected chi connectivity index (χ4v) is 5.87. The van der Waals surface area contributed by atoms with Crippen molar-refractivity contribution < 1.29 is 14.6 Å². The van der Waals surface area contributed by atoms with Crippen LogP contribution in [0.25, 0.3) is 11.3 Å². The molecule has 5 nitrogen and oxygen atoms in total. The fourth-order valence-electron chi connectivity index (χ4n) is 4.87. The van der Waals surface area contributed by atoms with Gasteiger partial charge in [-0.3, -0.25) is 0 Å². The molecule has 0 radical (unpaired) electrons. The van der Waals surface area contributed by atoms with Crippen LogP contribution in [0.1, 0.15) is 47.3 Å². The van der Waals surface area contributed by atoms with E-state index in [1.54, 1.807) is 18.3 Å². The van der Waals surface area contributed by atoms with E-state index in [0.717, 1.165) is 47.8 Å². The first-order valence-electron chi connectivity index (χ1n) is 12.5. The van der Waals surface area contributed by atoms with Gasteiger partial charge in [-0.15, -0.1) is 11.3 Å². The summed E-state index contributed by atoms with van der Waals surface area (Å²) in [5, 5.41) is 15.9. The Morgan fingerprint density at radius 1 is 1.00 bits per heavy atom. The number of thiazole rings is 1. The second-order valence-electron chi connectivity index (χ2n) is 9.00. The molecule has 6 heteroatoms. The summed E-state index contributed by atoms with van der Waals surface area (Å²) in [6.45, 7) is 2.59. The molecule has 1 aliphatic rings. The molecule has 4 aromatic rings. The molecule has 0 spiro atoms. The number of benzene rings is 3. The van der Waals surface area contributed by atoms with E-state index in [1.165, 1.54) is 16.0 Å². The van der Waals surface area contributed by atoms with Gasteiger partial charge in [-0.2, -0.15) is 0 Å². The van der Waals surface area contributed by atoms with E-state index in [1.807, 2.05) is 18.2 Å². The van der Waals surface area contributed by atoms with Gasteiger partial charge in [0.15, 0.2) is 5.13 Å². The summed E-state index contributed by atoms with van der Waals surface area (Å²) in [6.07, 6.45) is 2.02. The number of nitrogens with one attached hydrogen (secondary N) is 1. The molecule has 36 heavy (non-hydrogen) atoms. The van der Waals surface area contributed by atoms with Crippen LogP contribution in [0.15, 0.2) is 78.9 Å². The molecule has 3 aromatic carbocycles. The summed E-state index contributed by atoms with van der Waals surface area (Å²) in [5.41, 5.74) is 5.64. The van der Waals surface area contributed by atoms with Crippen LogP contribution in [0.5, 0.6) is 5.75 Å². The number of aliphatic carboxylic acids is 1. The van der Waals surface area contributed by atoms with Crippen LogP contribution in [0.3, 0.4) is 0 Å². The molecule has 0 amide bonds. The van der Waals surface area contributed by atoms with Crippen LogP contribution in [0.2, 0.25) is 0 Å². The number of carbonyl (C=O) groups is 1. The number of fused-ring (bicyclic) bond motifs is 3. The maximum Gasteiger partial charge on any atom is 0.183 e. The number of anilines is 1. The van der Waals surface area contributed by atoms with Gasteiger partial charge >= 0.3 is 0 Å². The van der Waals surface area contributed by atoms with Gasteiger partial charge in [-0.05, 0) is 42.9 Å². The van der Waals surface area contributed by atoms with Crippen molar-refractivity contribution in [2.75, 3.05) is 11.9 Å². The molecule has 1 atom stereocenters. The molecule has 1 aliphatic carbocycles. The molecular formula is C30H29N2O3S-. The maximum atomic E-state index is 11.4. The summed E-state index contributed by atoms with van der Waals surface area (Å²) < 4.78 is 5.82. The minimum atomic E-state index is -1.18. The number of carboxylic acids is 1. The highest BCUT2D eigenvalue weighted by molar-refractivity contribution is 7.16. The van der Waals surface area contributed by atoms with Crippen molar-refractivity contribution in [2.45, 2.75) is 44.6 Å². The summed E-state index contributed by atoms with van der Waals surface area (Å²) >= 11 is 1.70. The largest absolute Gasteiger partial charge is 0.546 e. The highest BCUT2D eigenvalue weighted by atomic mass is 32.1. The van der Waals surface area contributed by atoms with Crippen molar-refractivity contribution in [3.63, 3.8) is 0 Å². The first kappa shape index (κ1) is 24.1. The zero-order valence-corrected chi connectivity index (χ0v) is 21.1. The highest BCUT2D eigenvalue weighted by Gasteiger charge is 2.25. The molecule has 0 bridgehead atoms. The van der Waals surface area contributed by atoms with E-state index in [4.69, 9.17) is 9.72 Å². The number of hydrogen-bond acceptors (Lipinski definition) is 6. The van der Waals surface area contributed by atoms with Gasteiger partial charge in [0.1, 0.15) is 11.9 Å². The first-order chi connectivity index (χ1) is 17.6. The number of rotatable bonds is 10. The number of aromatic nitrogens is 1. The third kappa shape index (κ3) is 5.14. The van der Waals surface area contributed by atoms with Crippen molar-refractivity contribution in [3.05, 3.63) is 100 Å². The Bertz CT molecular complexity index is 1280. The topological polar surface area (TPSA) is 74.3 Å². The molecule has 1 heterocycles. The van der Waals surface area contributed by atoms with E-state index in [2.05, 4.69) is 66.0 Å². The number of hydrogen-bond donors (Lipinski definition) is 1. The Morgan fingerprint density at radius 3 is 2.33 bits per heavy atom. The molecule has 1 unspecified atom stereocenters. The van der Waals surface area contributed by atoms with Gasteiger partial charge in [0, 0.05) is 28.5 Å². The minimum Gasteiger partial charge on any atom is -0.546 e. The Morgan fingerprint density at radius 2 is 1.69 bits per heavy atom. The van der Waals surface area contributed by atoms with E-state index in [9.17, 15) is 9.90 Å². The Labute approximate surface area is 215 Å². The molecule has 0 aliphatic heterocycles. The molecule has 0 fully saturated rings. The predicted molar refractivity (Wildman–Crippen MR) is 143 cm³/mol. The first-order valence-corrected chi connectivity index (χ1v) is 13.3. The number of aryl methyl sites for hydroxylation is 1. The zero-order chi connectivity index (χ0) is 24.9. The number of carbonyl (C=O) groups excluding carboxylic acids is 1. The lowest BCUT2D eigenvalue weighted by atomic mass is 9.88. The van der Waals surface area contributed by atoms with Gasteiger partial charge in [0.2, 0.25) is 0 Å². The van der Waals surface area contributed by atoms with Crippen molar-refractivity contribution in [2.24, 2.45) is 0 Å². The Hall–Kier alpha value is -3.64. The number of nitrogens with zero attached hydrogens (tertiary/aromatic N) is 1. The van der Waals surface area contributed by atoms with E-state index < -0.39 is 12.1 Å². The molecule has 184 valence electrons. The number of carboxylic acid groups (broad SMARTS) is 1. The SMILES string of the molecule is CCC(Oc1cccc2c1CCc1sc(NCCC(c3ccccc3)c3ccccc3)nc1-2)C(=O)[O-]. The molecule has 0 saturated carbocycles. The van der Waals surface area contributed by atoms with Crippen molar-refractivity contribution >= 4 is 22.4 Å². The van der Waals surface area contributed by atoms with Gasteiger partial charge in [0.05, 0.1) is 11.7 Å². The lowest BCUT2D eigenvalue weighted by Gasteiger charge is -2.23. The van der Waals surface area contributed by atoms with Crippen LogP contribution in [0, 0.1) is 0 Å². The summed E-state index contributed by atoms with van der Waals surface area (Å²) in [6, 6.07) is 27.1. The fraction of sp³-hybridized carbons (Fsp3) is 0.267. The van der Waals surface area contributed by atoms with E-state index in [0.29, 0.717) is 18.1 Å². The van der Waals surface area contributed by atoms with Crippen LogP contribution >= 0.6 is 11.3 Å². The van der Waals surface area contributed by atoms with Gasteiger partial charge in [-0.1, -0.05) is 79.7 Å². The predicted octanol–water partition coefficient (Wildman–Crippen LogP) is 5.45. The monoisotopic (exact) mass is 497 g/mol. The Kier molecular flexibility index (Phi) is 7.33. The second kappa shape index (κ2) is 11.0. The lowest BCUT2D eigenvalue weighted by Crippen LogP contribution is -2.39. The van der Waals surface area contributed by atoms with Crippen LogP contribution in [0.4, 0.5) is 5.13 Å². The minimum absolute atomic E-state index is 0.310. The molecule has 1 aromatic heterocycles. The molecular weight excluding hydrogens is 468 g/mol. The Balaban J connectivity index is 1.32. The van der Waals surface area contributed by atoms with Crippen molar-refractivity contribution in [3.8, 4) is 17.0 Å². The van der Waals surface area contributed by atoms with Crippen LogP contribution < -0.4 is 15.2 Å².